The SMILES string of the molecule is c1cc(N2CCOCC2)cc(N[C@@H]2CCCN(c3ccnc(OC4CC4)c3)C2)n1. The minimum Gasteiger partial charge on any atom is -0.474 e. The second kappa shape index (κ2) is 8.45. The molecule has 2 saturated heterocycles. The quantitative estimate of drug-likeness (QED) is 0.807. The van der Waals surface area contributed by atoms with Crippen LogP contribution in [0.25, 0.3) is 0 Å². The van der Waals surface area contributed by atoms with Crippen LogP contribution < -0.4 is 19.9 Å². The number of rotatable bonds is 6. The van der Waals surface area contributed by atoms with Gasteiger partial charge in [-0.3, -0.25) is 0 Å². The summed E-state index contributed by atoms with van der Waals surface area (Å²) < 4.78 is 11.3. The van der Waals surface area contributed by atoms with Crippen molar-refractivity contribution < 1.29 is 9.47 Å². The fraction of sp³-hybridized carbons (Fsp3) is 0.545. The third-order valence-electron chi connectivity index (χ3n) is 5.79. The third-order valence-corrected chi connectivity index (χ3v) is 5.79. The van der Waals surface area contributed by atoms with Crippen molar-refractivity contribution in [1.29, 1.82) is 0 Å². The van der Waals surface area contributed by atoms with E-state index in [-0.39, 0.29) is 0 Å². The molecule has 29 heavy (non-hydrogen) atoms. The zero-order chi connectivity index (χ0) is 19.5. The van der Waals surface area contributed by atoms with Crippen LogP contribution in [0.4, 0.5) is 17.2 Å². The molecule has 0 radical (unpaired) electrons. The first-order valence-electron chi connectivity index (χ1n) is 10.8. The van der Waals surface area contributed by atoms with Crippen LogP contribution in [0.2, 0.25) is 0 Å². The van der Waals surface area contributed by atoms with Gasteiger partial charge in [0.2, 0.25) is 5.88 Å². The van der Waals surface area contributed by atoms with E-state index in [9.17, 15) is 0 Å². The topological polar surface area (TPSA) is 62.8 Å². The maximum absolute atomic E-state index is 5.87. The Kier molecular flexibility index (Phi) is 5.39. The van der Waals surface area contributed by atoms with E-state index in [0.717, 1.165) is 76.8 Å². The van der Waals surface area contributed by atoms with Gasteiger partial charge in [0.25, 0.3) is 0 Å². The van der Waals surface area contributed by atoms with E-state index in [1.54, 1.807) is 0 Å². The molecule has 3 aliphatic rings. The number of anilines is 3. The molecule has 1 aliphatic carbocycles. The molecule has 5 rings (SSSR count). The lowest BCUT2D eigenvalue weighted by atomic mass is 10.0. The summed E-state index contributed by atoms with van der Waals surface area (Å²) in [5.74, 6) is 1.70. The monoisotopic (exact) mass is 395 g/mol. The van der Waals surface area contributed by atoms with Crippen molar-refractivity contribution in [3.8, 4) is 5.88 Å². The number of aromatic nitrogens is 2. The van der Waals surface area contributed by atoms with Crippen LogP contribution in [0.3, 0.4) is 0 Å². The van der Waals surface area contributed by atoms with Gasteiger partial charge in [-0.15, -0.1) is 0 Å². The van der Waals surface area contributed by atoms with Crippen molar-refractivity contribution in [2.75, 3.05) is 54.5 Å². The number of nitrogens with zero attached hydrogens (tertiary/aromatic N) is 4. The lowest BCUT2D eigenvalue weighted by molar-refractivity contribution is 0.122. The minimum absolute atomic E-state index is 0.372. The molecule has 0 unspecified atom stereocenters. The Morgan fingerprint density at radius 1 is 0.931 bits per heavy atom. The Labute approximate surface area is 172 Å². The van der Waals surface area contributed by atoms with Crippen LogP contribution in [0.15, 0.2) is 36.7 Å². The maximum Gasteiger partial charge on any atom is 0.215 e. The number of hydrogen-bond acceptors (Lipinski definition) is 7. The van der Waals surface area contributed by atoms with E-state index in [1.807, 2.05) is 12.4 Å². The number of pyridine rings is 2. The molecule has 4 heterocycles. The second-order valence-electron chi connectivity index (χ2n) is 8.10. The lowest BCUT2D eigenvalue weighted by Gasteiger charge is -2.35. The number of piperidine rings is 1. The molecule has 7 nitrogen and oxygen atoms in total. The van der Waals surface area contributed by atoms with Crippen molar-refractivity contribution in [2.24, 2.45) is 0 Å². The largest absolute Gasteiger partial charge is 0.474 e. The standard InChI is InChI=1S/C22H29N5O2/c1-2-17(25-21-14-18(5-7-23-21)26-10-12-28-13-11-26)16-27(9-1)19-6-8-24-22(15-19)29-20-3-4-20/h5-8,14-15,17,20H,1-4,9-13,16H2,(H,23,25)/t17-/m1/s1. The van der Waals surface area contributed by atoms with Gasteiger partial charge in [-0.2, -0.15) is 0 Å². The van der Waals surface area contributed by atoms with Crippen LogP contribution in [0.1, 0.15) is 25.7 Å². The first-order chi connectivity index (χ1) is 14.3. The Balaban J connectivity index is 1.23. The molecule has 1 saturated carbocycles. The summed E-state index contributed by atoms with van der Waals surface area (Å²) in [6, 6.07) is 8.79. The summed E-state index contributed by atoms with van der Waals surface area (Å²) in [6.45, 7) is 5.48. The van der Waals surface area contributed by atoms with Crippen LogP contribution in [0.5, 0.6) is 5.88 Å². The molecular weight excluding hydrogens is 366 g/mol. The third kappa shape index (κ3) is 4.72. The summed E-state index contributed by atoms with van der Waals surface area (Å²) in [5, 5.41) is 3.66. The molecular formula is C22H29N5O2. The number of nitrogens with one attached hydrogen (secondary N) is 1. The van der Waals surface area contributed by atoms with Gasteiger partial charge in [0, 0.05) is 68.1 Å². The average Bonchev–Trinajstić information content (AvgIpc) is 3.59. The van der Waals surface area contributed by atoms with Gasteiger partial charge >= 0.3 is 0 Å². The molecule has 1 N–H and O–H groups in total. The van der Waals surface area contributed by atoms with Gasteiger partial charge in [-0.05, 0) is 37.8 Å². The summed E-state index contributed by atoms with van der Waals surface area (Å²) in [5.41, 5.74) is 2.41. The van der Waals surface area contributed by atoms with Gasteiger partial charge < -0.3 is 24.6 Å². The van der Waals surface area contributed by atoms with Crippen LogP contribution >= 0.6 is 0 Å². The molecule has 0 spiro atoms. The zero-order valence-corrected chi connectivity index (χ0v) is 16.8. The molecule has 2 aromatic heterocycles. The lowest BCUT2D eigenvalue weighted by Crippen LogP contribution is -2.42. The summed E-state index contributed by atoms with van der Waals surface area (Å²) in [4.78, 5) is 13.7. The Morgan fingerprint density at radius 2 is 1.72 bits per heavy atom. The minimum atomic E-state index is 0.372. The Morgan fingerprint density at radius 3 is 2.55 bits per heavy atom. The van der Waals surface area contributed by atoms with Crippen LogP contribution in [0, 0.1) is 0 Å². The highest BCUT2D eigenvalue weighted by atomic mass is 16.5. The van der Waals surface area contributed by atoms with Crippen LogP contribution in [-0.4, -0.2) is 61.5 Å². The van der Waals surface area contributed by atoms with E-state index in [4.69, 9.17) is 9.47 Å². The number of ether oxygens (including phenoxy) is 2. The molecule has 2 aromatic rings. The second-order valence-corrected chi connectivity index (χ2v) is 8.10. The number of hydrogen-bond donors (Lipinski definition) is 1. The van der Waals surface area contributed by atoms with E-state index < -0.39 is 0 Å². The van der Waals surface area contributed by atoms with Gasteiger partial charge in [-0.1, -0.05) is 0 Å². The van der Waals surface area contributed by atoms with Gasteiger partial charge in [0.15, 0.2) is 0 Å². The van der Waals surface area contributed by atoms with E-state index in [2.05, 4.69) is 49.4 Å². The van der Waals surface area contributed by atoms with Crippen molar-refractivity contribution in [3.63, 3.8) is 0 Å². The predicted octanol–water partition coefficient (Wildman–Crippen LogP) is 2.94. The van der Waals surface area contributed by atoms with Crippen LogP contribution in [-0.2, 0) is 4.74 Å². The first-order valence-corrected chi connectivity index (χ1v) is 10.8. The van der Waals surface area contributed by atoms with Crippen molar-refractivity contribution in [2.45, 2.75) is 37.8 Å². The zero-order valence-electron chi connectivity index (χ0n) is 16.8. The smallest absolute Gasteiger partial charge is 0.215 e. The molecule has 7 heteroatoms. The number of morpholine rings is 1. The van der Waals surface area contributed by atoms with E-state index in [1.165, 1.54) is 11.4 Å². The van der Waals surface area contributed by atoms with E-state index in [0.29, 0.717) is 12.1 Å². The van der Waals surface area contributed by atoms with Gasteiger partial charge in [0.05, 0.1) is 13.2 Å². The van der Waals surface area contributed by atoms with Crippen molar-refractivity contribution in [1.82, 2.24) is 9.97 Å². The van der Waals surface area contributed by atoms with E-state index >= 15 is 0 Å². The van der Waals surface area contributed by atoms with Crippen molar-refractivity contribution in [3.05, 3.63) is 36.7 Å². The first kappa shape index (κ1) is 18.5. The molecule has 0 bridgehead atoms. The Hall–Kier alpha value is -2.54. The fourth-order valence-electron chi connectivity index (χ4n) is 4.07. The molecule has 2 aliphatic heterocycles. The average molecular weight is 396 g/mol. The highest BCUT2D eigenvalue weighted by molar-refractivity contribution is 5.55. The normalized spacial score (nSPS) is 22.4. The summed E-state index contributed by atoms with van der Waals surface area (Å²) in [6.07, 6.45) is 8.74. The molecule has 154 valence electrons. The molecule has 0 amide bonds. The maximum atomic E-state index is 5.87. The highest BCUT2D eigenvalue weighted by Crippen LogP contribution is 2.29. The molecule has 3 fully saturated rings. The summed E-state index contributed by atoms with van der Waals surface area (Å²) >= 11 is 0. The molecule has 1 atom stereocenters. The van der Waals surface area contributed by atoms with Gasteiger partial charge in [0.1, 0.15) is 11.9 Å². The Bertz CT molecular complexity index is 822. The fourth-order valence-corrected chi connectivity index (χ4v) is 4.07. The predicted molar refractivity (Wildman–Crippen MR) is 114 cm³/mol. The van der Waals surface area contributed by atoms with Gasteiger partial charge in [-0.25, -0.2) is 9.97 Å². The highest BCUT2D eigenvalue weighted by Gasteiger charge is 2.25. The van der Waals surface area contributed by atoms with Crippen molar-refractivity contribution >= 4 is 17.2 Å². The molecule has 0 aromatic carbocycles. The summed E-state index contributed by atoms with van der Waals surface area (Å²) in [7, 11) is 0.